The van der Waals surface area contributed by atoms with Crippen LogP contribution in [-0.4, -0.2) is 73.0 Å². The predicted molar refractivity (Wildman–Crippen MR) is 123 cm³/mol. The second kappa shape index (κ2) is 11.1. The van der Waals surface area contributed by atoms with Gasteiger partial charge in [0, 0.05) is 19.2 Å². The van der Waals surface area contributed by atoms with E-state index in [1.54, 1.807) is 31.9 Å². The molecule has 7 heteroatoms. The van der Waals surface area contributed by atoms with E-state index in [0.29, 0.717) is 18.1 Å². The van der Waals surface area contributed by atoms with Gasteiger partial charge in [-0.1, -0.05) is 47.6 Å². The summed E-state index contributed by atoms with van der Waals surface area (Å²) in [5.74, 6) is -0.118. The quantitative estimate of drug-likeness (QED) is 0.467. The Morgan fingerprint density at radius 1 is 1.26 bits per heavy atom. The standard InChI is InChI=1S/C24H43N3O4/c1-11-31-23(30)17(5)13-18(15(2)3)27(10)22(29)20(24(6,7)8)25-21(28)19-12-16(4)14-26(19)9/h13,15-16,18-20H,11-12,14H2,1-10H3,(H,25,28)/b17-13+/t16-,18-,19+,20-/m1/s1. The summed E-state index contributed by atoms with van der Waals surface area (Å²) in [5, 5.41) is 3.04. The number of hydrogen-bond acceptors (Lipinski definition) is 5. The molecule has 1 aliphatic rings. The van der Waals surface area contributed by atoms with E-state index in [-0.39, 0.29) is 35.8 Å². The van der Waals surface area contributed by atoms with Crippen molar-refractivity contribution in [2.75, 3.05) is 27.2 Å². The first-order valence-electron chi connectivity index (χ1n) is 11.3. The molecule has 0 radical (unpaired) electrons. The molecule has 0 aromatic rings. The topological polar surface area (TPSA) is 79.0 Å². The summed E-state index contributed by atoms with van der Waals surface area (Å²) in [7, 11) is 3.68. The van der Waals surface area contributed by atoms with Gasteiger partial charge in [0.25, 0.3) is 0 Å². The van der Waals surface area contributed by atoms with Crippen molar-refractivity contribution in [3.63, 3.8) is 0 Å². The van der Waals surface area contributed by atoms with Crippen molar-refractivity contribution in [3.8, 4) is 0 Å². The van der Waals surface area contributed by atoms with Gasteiger partial charge in [-0.3, -0.25) is 14.5 Å². The minimum absolute atomic E-state index is 0.0801. The highest BCUT2D eigenvalue weighted by molar-refractivity contribution is 5.91. The van der Waals surface area contributed by atoms with Crippen molar-refractivity contribution in [3.05, 3.63) is 11.6 Å². The van der Waals surface area contributed by atoms with Gasteiger partial charge in [0.2, 0.25) is 11.8 Å². The lowest BCUT2D eigenvalue weighted by Crippen LogP contribution is -2.58. The lowest BCUT2D eigenvalue weighted by atomic mass is 9.84. The molecule has 7 nitrogen and oxygen atoms in total. The Labute approximate surface area is 188 Å². The van der Waals surface area contributed by atoms with Crippen molar-refractivity contribution < 1.29 is 19.1 Å². The third-order valence-corrected chi connectivity index (χ3v) is 5.96. The first kappa shape index (κ1) is 27.1. The maximum atomic E-state index is 13.6. The first-order chi connectivity index (χ1) is 14.2. The lowest BCUT2D eigenvalue weighted by molar-refractivity contribution is -0.141. The lowest BCUT2D eigenvalue weighted by Gasteiger charge is -2.38. The predicted octanol–water partition coefficient (Wildman–Crippen LogP) is 2.85. The zero-order valence-electron chi connectivity index (χ0n) is 21.1. The Morgan fingerprint density at radius 3 is 2.26 bits per heavy atom. The Hall–Kier alpha value is -1.89. The summed E-state index contributed by atoms with van der Waals surface area (Å²) in [6.45, 7) is 16.6. The average molecular weight is 438 g/mol. The highest BCUT2D eigenvalue weighted by Crippen LogP contribution is 2.26. The molecule has 2 amide bonds. The number of nitrogens with zero attached hydrogens (tertiary/aromatic N) is 2. The number of carbonyl (C=O) groups is 3. The van der Waals surface area contributed by atoms with Gasteiger partial charge in [0.1, 0.15) is 6.04 Å². The summed E-state index contributed by atoms with van der Waals surface area (Å²) < 4.78 is 5.08. The molecule has 0 aromatic carbocycles. The molecule has 1 aliphatic heterocycles. The molecule has 1 fully saturated rings. The molecule has 0 saturated carbocycles. The molecule has 0 spiro atoms. The van der Waals surface area contributed by atoms with Crippen LogP contribution >= 0.6 is 0 Å². The van der Waals surface area contributed by atoms with Crippen LogP contribution < -0.4 is 5.32 Å². The monoisotopic (exact) mass is 437 g/mol. The third-order valence-electron chi connectivity index (χ3n) is 5.96. The van der Waals surface area contributed by atoms with E-state index >= 15 is 0 Å². The summed E-state index contributed by atoms with van der Waals surface area (Å²) in [6.07, 6.45) is 2.58. The molecule has 1 heterocycles. The Kier molecular flexibility index (Phi) is 9.73. The van der Waals surface area contributed by atoms with Crippen molar-refractivity contribution in [1.82, 2.24) is 15.1 Å². The molecule has 0 aliphatic carbocycles. The zero-order chi connectivity index (χ0) is 24.1. The number of esters is 1. The number of carbonyl (C=O) groups excluding carboxylic acids is 3. The van der Waals surface area contributed by atoms with E-state index in [9.17, 15) is 14.4 Å². The normalized spacial score (nSPS) is 22.2. The van der Waals surface area contributed by atoms with Gasteiger partial charge in [0.05, 0.1) is 18.7 Å². The molecule has 4 atom stereocenters. The van der Waals surface area contributed by atoms with E-state index in [4.69, 9.17) is 4.74 Å². The highest BCUT2D eigenvalue weighted by Gasteiger charge is 2.40. The number of rotatable bonds is 8. The second-order valence-corrected chi connectivity index (χ2v) is 10.4. The van der Waals surface area contributed by atoms with Crippen LogP contribution in [0, 0.1) is 17.3 Å². The van der Waals surface area contributed by atoms with E-state index in [1.807, 2.05) is 41.7 Å². The molecule has 31 heavy (non-hydrogen) atoms. The van der Waals surface area contributed by atoms with Crippen LogP contribution in [0.2, 0.25) is 0 Å². The van der Waals surface area contributed by atoms with E-state index < -0.39 is 11.5 Å². The van der Waals surface area contributed by atoms with E-state index in [0.717, 1.165) is 13.0 Å². The van der Waals surface area contributed by atoms with Crippen molar-refractivity contribution >= 4 is 17.8 Å². The molecule has 0 unspecified atom stereocenters. The molecule has 178 valence electrons. The number of nitrogens with one attached hydrogen (secondary N) is 1. The van der Waals surface area contributed by atoms with E-state index in [1.165, 1.54) is 0 Å². The molecular weight excluding hydrogens is 394 g/mol. The Morgan fingerprint density at radius 2 is 1.84 bits per heavy atom. The minimum atomic E-state index is -0.674. The Balaban J connectivity index is 3.11. The maximum Gasteiger partial charge on any atom is 0.333 e. The van der Waals surface area contributed by atoms with Crippen molar-refractivity contribution in [1.29, 1.82) is 0 Å². The van der Waals surface area contributed by atoms with Gasteiger partial charge in [-0.05, 0) is 44.6 Å². The number of likely N-dealkylation sites (tertiary alicyclic amines) is 1. The fraction of sp³-hybridized carbons (Fsp3) is 0.792. The number of likely N-dealkylation sites (N-methyl/N-ethyl adjacent to an activating group) is 2. The van der Waals surface area contributed by atoms with Crippen LogP contribution in [-0.2, 0) is 19.1 Å². The maximum absolute atomic E-state index is 13.6. The van der Waals surface area contributed by atoms with Gasteiger partial charge < -0.3 is 15.0 Å². The van der Waals surface area contributed by atoms with E-state index in [2.05, 4.69) is 17.1 Å². The number of ether oxygens (including phenoxy) is 1. The van der Waals surface area contributed by atoms with Crippen LogP contribution in [0.25, 0.3) is 0 Å². The zero-order valence-corrected chi connectivity index (χ0v) is 21.1. The van der Waals surface area contributed by atoms with Crippen LogP contribution in [0.1, 0.15) is 61.8 Å². The highest BCUT2D eigenvalue weighted by atomic mass is 16.5. The number of amides is 2. The second-order valence-electron chi connectivity index (χ2n) is 10.4. The molecule has 0 bridgehead atoms. The summed E-state index contributed by atoms with van der Waals surface area (Å²) >= 11 is 0. The van der Waals surface area contributed by atoms with Crippen LogP contribution in [0.5, 0.6) is 0 Å². The summed E-state index contributed by atoms with van der Waals surface area (Å²) in [6, 6.07) is -1.19. The van der Waals surface area contributed by atoms with Crippen molar-refractivity contribution in [2.45, 2.75) is 79.9 Å². The molecular formula is C24H43N3O4. The summed E-state index contributed by atoms with van der Waals surface area (Å²) in [4.78, 5) is 42.4. The molecule has 1 saturated heterocycles. The fourth-order valence-electron chi connectivity index (χ4n) is 4.12. The van der Waals surface area contributed by atoms with Crippen LogP contribution in [0.15, 0.2) is 11.6 Å². The van der Waals surface area contributed by atoms with Gasteiger partial charge >= 0.3 is 5.97 Å². The fourth-order valence-corrected chi connectivity index (χ4v) is 4.12. The van der Waals surface area contributed by atoms with Crippen LogP contribution in [0.3, 0.4) is 0 Å². The van der Waals surface area contributed by atoms with Gasteiger partial charge in [-0.25, -0.2) is 4.79 Å². The third kappa shape index (κ3) is 7.34. The molecule has 1 rings (SSSR count). The SMILES string of the molecule is CCOC(=O)/C(C)=C/[C@H](C(C)C)N(C)C(=O)[C@@H](NC(=O)[C@@H]1C[C@@H](C)CN1C)C(C)(C)C. The largest absolute Gasteiger partial charge is 0.463 e. The first-order valence-corrected chi connectivity index (χ1v) is 11.3. The Bertz CT molecular complexity index is 681. The van der Waals surface area contributed by atoms with Gasteiger partial charge in [0.15, 0.2) is 0 Å². The minimum Gasteiger partial charge on any atom is -0.463 e. The average Bonchev–Trinajstić information content (AvgIpc) is 2.99. The molecule has 0 aromatic heterocycles. The van der Waals surface area contributed by atoms with Crippen LogP contribution in [0.4, 0.5) is 0 Å². The molecule has 1 N–H and O–H groups in total. The number of hydrogen-bond donors (Lipinski definition) is 1. The van der Waals surface area contributed by atoms with Crippen molar-refractivity contribution in [2.24, 2.45) is 17.3 Å². The van der Waals surface area contributed by atoms with Gasteiger partial charge in [-0.2, -0.15) is 0 Å². The summed E-state index contributed by atoms with van der Waals surface area (Å²) in [5.41, 5.74) is 0.00344. The smallest absolute Gasteiger partial charge is 0.333 e. The van der Waals surface area contributed by atoms with Gasteiger partial charge in [-0.15, -0.1) is 0 Å².